The van der Waals surface area contributed by atoms with Gasteiger partial charge >= 0.3 is 5.97 Å². The number of fused-ring (bicyclic) bond motifs is 1. The van der Waals surface area contributed by atoms with Crippen molar-refractivity contribution in [3.63, 3.8) is 0 Å². The maximum absolute atomic E-state index is 12.6. The van der Waals surface area contributed by atoms with Gasteiger partial charge in [0.15, 0.2) is 0 Å². The van der Waals surface area contributed by atoms with Crippen molar-refractivity contribution in [3.05, 3.63) is 33.8 Å². The molecule has 1 heterocycles. The monoisotopic (exact) mass is 339 g/mol. The first-order valence-electron chi connectivity index (χ1n) is 6.43. The smallest absolute Gasteiger partial charge is 0.329 e. The Morgan fingerprint density at radius 1 is 1.30 bits per heavy atom. The lowest BCUT2D eigenvalue weighted by atomic mass is 9.73. The van der Waals surface area contributed by atoms with E-state index in [4.69, 9.17) is 0 Å². The van der Waals surface area contributed by atoms with Crippen LogP contribution in [0.1, 0.15) is 43.6 Å². The van der Waals surface area contributed by atoms with Gasteiger partial charge in [-0.25, -0.2) is 4.79 Å². The van der Waals surface area contributed by atoms with Gasteiger partial charge in [0, 0.05) is 16.6 Å². The summed E-state index contributed by atoms with van der Waals surface area (Å²) in [6, 6.07) is 5.48. The number of hydrogen-bond donors (Lipinski definition) is 1. The first-order valence-corrected chi connectivity index (χ1v) is 7.22. The van der Waals surface area contributed by atoms with Crippen LogP contribution in [-0.4, -0.2) is 27.4 Å². The van der Waals surface area contributed by atoms with Crippen molar-refractivity contribution < 1.29 is 14.7 Å². The number of amides is 1. The summed E-state index contributed by atoms with van der Waals surface area (Å²) < 4.78 is 0.819. The topological polar surface area (TPSA) is 57.6 Å². The second-order valence-electron chi connectivity index (χ2n) is 6.32. The van der Waals surface area contributed by atoms with Crippen molar-refractivity contribution in [2.45, 2.75) is 39.8 Å². The largest absolute Gasteiger partial charge is 0.479 e. The average Bonchev–Trinajstić information content (AvgIpc) is 2.64. The lowest BCUT2D eigenvalue weighted by Gasteiger charge is -2.44. The van der Waals surface area contributed by atoms with Crippen LogP contribution in [0.4, 0.5) is 0 Å². The van der Waals surface area contributed by atoms with E-state index in [9.17, 15) is 14.7 Å². The minimum atomic E-state index is -1.25. The predicted octanol–water partition coefficient (Wildman–Crippen LogP) is 3.29. The number of carboxylic acid groups (broad SMARTS) is 1. The summed E-state index contributed by atoms with van der Waals surface area (Å²) in [5.41, 5.74) is -0.380. The minimum Gasteiger partial charge on any atom is -0.479 e. The third-order valence-electron chi connectivity index (χ3n) is 4.29. The van der Waals surface area contributed by atoms with Gasteiger partial charge in [-0.1, -0.05) is 42.8 Å². The maximum Gasteiger partial charge on any atom is 0.329 e. The molecule has 5 heteroatoms. The van der Waals surface area contributed by atoms with E-state index in [1.807, 2.05) is 32.9 Å². The van der Waals surface area contributed by atoms with Crippen molar-refractivity contribution in [1.82, 2.24) is 4.90 Å². The first kappa shape index (κ1) is 15.0. The van der Waals surface area contributed by atoms with Gasteiger partial charge in [0.2, 0.25) is 0 Å². The number of nitrogens with zero attached hydrogens (tertiary/aromatic N) is 1. The number of rotatable bonds is 2. The molecule has 1 aliphatic rings. The summed E-state index contributed by atoms with van der Waals surface area (Å²) in [5, 5.41) is 9.68. The van der Waals surface area contributed by atoms with Crippen LogP contribution in [0.25, 0.3) is 0 Å². The highest BCUT2D eigenvalue weighted by atomic mass is 79.9. The molecule has 0 bridgehead atoms. The summed E-state index contributed by atoms with van der Waals surface area (Å²) in [4.78, 5) is 25.9. The van der Waals surface area contributed by atoms with Gasteiger partial charge in [0.05, 0.1) is 0 Å². The molecular weight excluding hydrogens is 322 g/mol. The number of carboxylic acids is 1. The Hall–Kier alpha value is -1.36. The van der Waals surface area contributed by atoms with Crippen LogP contribution in [0, 0.1) is 5.41 Å². The van der Waals surface area contributed by atoms with E-state index in [1.54, 1.807) is 13.0 Å². The summed E-state index contributed by atoms with van der Waals surface area (Å²) in [6.07, 6.45) is 0. The van der Waals surface area contributed by atoms with Gasteiger partial charge in [-0.05, 0) is 30.0 Å². The molecule has 0 spiro atoms. The zero-order valence-electron chi connectivity index (χ0n) is 12.0. The number of hydrogen-bond acceptors (Lipinski definition) is 2. The van der Waals surface area contributed by atoms with Crippen LogP contribution in [0.5, 0.6) is 0 Å². The fraction of sp³-hybridized carbons (Fsp3) is 0.467. The summed E-state index contributed by atoms with van der Waals surface area (Å²) >= 11 is 3.34. The normalized spacial score (nSPS) is 17.9. The number of aliphatic carboxylic acids is 1. The molecule has 1 aromatic rings. The molecule has 0 radical (unpaired) electrons. The van der Waals surface area contributed by atoms with Crippen LogP contribution in [0.15, 0.2) is 22.7 Å². The minimum absolute atomic E-state index is 0.221. The van der Waals surface area contributed by atoms with E-state index in [1.165, 1.54) is 4.90 Å². The van der Waals surface area contributed by atoms with Gasteiger partial charge in [0.25, 0.3) is 5.91 Å². The Balaban J connectivity index is 2.51. The van der Waals surface area contributed by atoms with Gasteiger partial charge in [0.1, 0.15) is 5.54 Å². The molecule has 0 saturated carbocycles. The van der Waals surface area contributed by atoms with E-state index >= 15 is 0 Å². The van der Waals surface area contributed by atoms with Crippen LogP contribution in [0.2, 0.25) is 0 Å². The highest BCUT2D eigenvalue weighted by Crippen LogP contribution is 2.41. The molecule has 1 aromatic carbocycles. The summed E-state index contributed by atoms with van der Waals surface area (Å²) in [5.74, 6) is -1.20. The van der Waals surface area contributed by atoms with Crippen LogP contribution in [0.3, 0.4) is 0 Å². The van der Waals surface area contributed by atoms with Crippen molar-refractivity contribution in [3.8, 4) is 0 Å². The molecule has 1 amide bonds. The van der Waals surface area contributed by atoms with Crippen LogP contribution < -0.4 is 0 Å². The molecule has 4 nitrogen and oxygen atoms in total. The lowest BCUT2D eigenvalue weighted by molar-refractivity contribution is -0.156. The number of carbonyl (C=O) groups excluding carboxylic acids is 1. The van der Waals surface area contributed by atoms with Gasteiger partial charge in [-0.3, -0.25) is 4.79 Å². The number of benzene rings is 1. The first-order chi connectivity index (χ1) is 9.09. The SMILES string of the molecule is CC(C)(C)[C@](C)(C(=O)O)N1Cc2ccc(Br)cc2C1=O. The lowest BCUT2D eigenvalue weighted by Crippen LogP contribution is -2.60. The molecule has 20 heavy (non-hydrogen) atoms. The molecule has 0 aromatic heterocycles. The molecule has 1 aliphatic heterocycles. The molecule has 0 saturated heterocycles. The van der Waals surface area contributed by atoms with Crippen molar-refractivity contribution in [2.24, 2.45) is 5.41 Å². The Morgan fingerprint density at radius 2 is 1.90 bits per heavy atom. The number of halogens is 1. The molecule has 1 N–H and O–H groups in total. The molecule has 108 valence electrons. The quantitative estimate of drug-likeness (QED) is 0.899. The van der Waals surface area contributed by atoms with Crippen molar-refractivity contribution >= 4 is 27.8 Å². The fourth-order valence-corrected chi connectivity index (χ4v) is 2.84. The second kappa shape index (κ2) is 4.58. The highest BCUT2D eigenvalue weighted by molar-refractivity contribution is 9.10. The van der Waals surface area contributed by atoms with Crippen molar-refractivity contribution in [2.75, 3.05) is 0 Å². The number of carbonyl (C=O) groups is 2. The van der Waals surface area contributed by atoms with Crippen molar-refractivity contribution in [1.29, 1.82) is 0 Å². The van der Waals surface area contributed by atoms with Gasteiger partial charge in [-0.2, -0.15) is 0 Å². The highest BCUT2D eigenvalue weighted by Gasteiger charge is 2.53. The van der Waals surface area contributed by atoms with Crippen LogP contribution >= 0.6 is 15.9 Å². The Bertz CT molecular complexity index is 591. The Morgan fingerprint density at radius 3 is 2.40 bits per heavy atom. The molecule has 0 aliphatic carbocycles. The third kappa shape index (κ3) is 2.04. The van der Waals surface area contributed by atoms with Gasteiger partial charge in [-0.15, -0.1) is 0 Å². The Kier molecular flexibility index (Phi) is 3.45. The zero-order valence-corrected chi connectivity index (χ0v) is 13.6. The second-order valence-corrected chi connectivity index (χ2v) is 7.24. The molecule has 2 rings (SSSR count). The molecule has 0 fully saturated rings. The Labute approximate surface area is 126 Å². The molecular formula is C15H18BrNO3. The fourth-order valence-electron chi connectivity index (χ4n) is 2.48. The molecule has 0 unspecified atom stereocenters. The maximum atomic E-state index is 12.6. The van der Waals surface area contributed by atoms with E-state index < -0.39 is 16.9 Å². The standard InChI is InChI=1S/C15H18BrNO3/c1-14(2,3)15(4,13(19)20)17-8-9-5-6-10(16)7-11(9)12(17)18/h5-7H,8H2,1-4H3,(H,19,20)/t15-/m0/s1. The van der Waals surface area contributed by atoms with E-state index in [-0.39, 0.29) is 5.91 Å². The predicted molar refractivity (Wildman–Crippen MR) is 79.5 cm³/mol. The van der Waals surface area contributed by atoms with Crippen LogP contribution in [-0.2, 0) is 11.3 Å². The zero-order chi connectivity index (χ0) is 15.3. The van der Waals surface area contributed by atoms with E-state index in [2.05, 4.69) is 15.9 Å². The summed E-state index contributed by atoms with van der Waals surface area (Å²) in [6.45, 7) is 7.48. The third-order valence-corrected chi connectivity index (χ3v) is 4.79. The van der Waals surface area contributed by atoms with E-state index in [0.29, 0.717) is 12.1 Å². The van der Waals surface area contributed by atoms with E-state index in [0.717, 1.165) is 10.0 Å². The summed E-state index contributed by atoms with van der Waals surface area (Å²) in [7, 11) is 0. The molecule has 1 atom stereocenters. The average molecular weight is 340 g/mol. The van der Waals surface area contributed by atoms with Gasteiger partial charge < -0.3 is 10.0 Å².